The van der Waals surface area contributed by atoms with Crippen LogP contribution in [-0.2, 0) is 9.47 Å². The summed E-state index contributed by atoms with van der Waals surface area (Å²) in [6.45, 7) is -0.487. The Hall–Kier alpha value is -4.15. The van der Waals surface area contributed by atoms with Gasteiger partial charge in [-0.25, -0.2) is 4.79 Å². The first-order valence-corrected chi connectivity index (χ1v) is 13.5. The lowest BCUT2D eigenvalue weighted by atomic mass is 9.90. The molecule has 14 heteroatoms. The van der Waals surface area contributed by atoms with Gasteiger partial charge in [0.05, 0.1) is 18.8 Å². The number of phenolic OH excluding ortho intramolecular Hbond substituents is 1. The normalized spacial score (nSPS) is 22.0. The van der Waals surface area contributed by atoms with Gasteiger partial charge in [0, 0.05) is 40.9 Å². The summed E-state index contributed by atoms with van der Waals surface area (Å²) < 4.78 is 16.6. The van der Waals surface area contributed by atoms with Crippen LogP contribution >= 0.6 is 12.2 Å². The van der Waals surface area contributed by atoms with Crippen LogP contribution in [0.5, 0.6) is 5.75 Å². The van der Waals surface area contributed by atoms with Crippen molar-refractivity contribution in [2.75, 3.05) is 25.1 Å². The summed E-state index contributed by atoms with van der Waals surface area (Å²) in [6, 6.07) is 13.3. The third-order valence-corrected chi connectivity index (χ3v) is 7.22. The van der Waals surface area contributed by atoms with Gasteiger partial charge in [-0.3, -0.25) is 4.79 Å². The van der Waals surface area contributed by atoms with Crippen molar-refractivity contribution in [2.24, 2.45) is 0 Å². The zero-order valence-corrected chi connectivity index (χ0v) is 23.2. The lowest BCUT2D eigenvalue weighted by molar-refractivity contribution is -0.300. The van der Waals surface area contributed by atoms with E-state index in [9.17, 15) is 40.2 Å². The summed E-state index contributed by atoms with van der Waals surface area (Å²) >= 11 is 5.31. The van der Waals surface area contributed by atoms with Crippen LogP contribution < -0.4 is 16.1 Å². The number of ether oxygens (including phenoxy) is 2. The second-order valence-corrected chi connectivity index (χ2v) is 10.2. The third-order valence-electron chi connectivity index (χ3n) is 6.97. The fraction of sp³-hybridized carbons (Fsp3) is 0.276. The number of hydrogen-bond donors (Lipinski definition) is 8. The molecule has 0 aromatic heterocycles. The predicted octanol–water partition coefficient (Wildman–Crippen LogP) is 1.07. The van der Waals surface area contributed by atoms with Gasteiger partial charge in [-0.05, 0) is 54.2 Å². The van der Waals surface area contributed by atoms with Gasteiger partial charge < -0.3 is 55.2 Å². The number of anilines is 1. The minimum atomic E-state index is -1.56. The monoisotopic (exact) mass is 612 g/mol. The van der Waals surface area contributed by atoms with E-state index in [-0.39, 0.29) is 46.3 Å². The van der Waals surface area contributed by atoms with Gasteiger partial charge in [-0.15, -0.1) is 0 Å². The maximum atomic E-state index is 12.4. The molecule has 8 N–H and O–H groups in total. The van der Waals surface area contributed by atoms with Crippen molar-refractivity contribution in [2.45, 2.75) is 30.7 Å². The van der Waals surface area contributed by atoms with Crippen molar-refractivity contribution in [3.05, 3.63) is 70.4 Å². The van der Waals surface area contributed by atoms with E-state index in [1.807, 2.05) is 0 Å². The second-order valence-electron chi connectivity index (χ2n) is 9.83. The lowest BCUT2D eigenvalue weighted by Gasteiger charge is -2.39. The number of aliphatic hydroxyl groups excluding tert-OH is 4. The Morgan fingerprint density at radius 3 is 2.49 bits per heavy atom. The minimum Gasteiger partial charge on any atom is -0.508 e. The minimum absolute atomic E-state index is 0.0380. The molecular formula is C29H28N2O11S. The van der Waals surface area contributed by atoms with E-state index in [0.717, 1.165) is 0 Å². The molecule has 226 valence electrons. The van der Waals surface area contributed by atoms with E-state index >= 15 is 0 Å². The summed E-state index contributed by atoms with van der Waals surface area (Å²) in [5, 5.41) is 65.6. The molecule has 0 amide bonds. The Balaban J connectivity index is 1.32. The van der Waals surface area contributed by atoms with E-state index in [2.05, 4.69) is 10.6 Å². The zero-order chi connectivity index (χ0) is 30.8. The van der Waals surface area contributed by atoms with Crippen molar-refractivity contribution in [1.82, 2.24) is 5.32 Å². The van der Waals surface area contributed by atoms with Gasteiger partial charge in [0.2, 0.25) is 0 Å². The molecule has 2 aliphatic heterocycles. The molecule has 2 heterocycles. The van der Waals surface area contributed by atoms with E-state index in [0.29, 0.717) is 27.8 Å². The number of nitrogens with one attached hydrogen (secondary N) is 2. The van der Waals surface area contributed by atoms with Gasteiger partial charge in [0.25, 0.3) is 0 Å². The molecule has 3 aliphatic rings. The standard InChI is InChI=1S/C29H28N2O11S/c32-12-22-24(35)25(36)26(37)28(42-22)40-8-7-30-29(43)31-13-1-4-16(19(9-13)27(38)39)23-17-5-2-14(33)10-20(17)41-21-11-15(34)3-6-18(21)23/h1-6,9-11,22,24-26,28,32-33,35-37H,7-8,12H2,(H,38,39)(H2,30,31,43)/t22?,24-,25+,26?,28+/m1/s1. The van der Waals surface area contributed by atoms with Gasteiger partial charge in [-0.1, -0.05) is 6.07 Å². The highest BCUT2D eigenvalue weighted by atomic mass is 32.1. The molecule has 13 nitrogen and oxygen atoms in total. The number of aromatic carboxylic acids is 1. The molecule has 1 saturated heterocycles. The zero-order valence-electron chi connectivity index (χ0n) is 22.3. The number of rotatable bonds is 8. The average Bonchev–Trinajstić information content (AvgIpc) is 2.97. The highest BCUT2D eigenvalue weighted by Gasteiger charge is 2.43. The fourth-order valence-electron chi connectivity index (χ4n) is 4.89. The number of thiocarbonyl (C=S) groups is 1. The number of aliphatic hydroxyl groups is 4. The molecular weight excluding hydrogens is 584 g/mol. The maximum Gasteiger partial charge on any atom is 0.336 e. The van der Waals surface area contributed by atoms with Crippen LogP contribution in [0.2, 0.25) is 0 Å². The molecule has 1 aliphatic carbocycles. The third kappa shape index (κ3) is 6.30. The summed E-state index contributed by atoms with van der Waals surface area (Å²) in [6.07, 6.45) is -6.97. The molecule has 2 unspecified atom stereocenters. The highest BCUT2D eigenvalue weighted by molar-refractivity contribution is 7.80. The van der Waals surface area contributed by atoms with Crippen molar-refractivity contribution in [3.63, 3.8) is 0 Å². The number of aromatic hydroxyl groups is 1. The number of benzene rings is 3. The number of hydrogen-bond acceptors (Lipinski definition) is 11. The van der Waals surface area contributed by atoms with Crippen molar-refractivity contribution in [3.8, 4) is 28.2 Å². The van der Waals surface area contributed by atoms with Crippen LogP contribution in [-0.4, -0.2) is 92.2 Å². The van der Waals surface area contributed by atoms with Crippen LogP contribution in [0.1, 0.15) is 10.4 Å². The summed E-state index contributed by atoms with van der Waals surface area (Å²) in [5.41, 5.74) is 1.64. The Morgan fingerprint density at radius 1 is 0.977 bits per heavy atom. The highest BCUT2D eigenvalue weighted by Crippen LogP contribution is 2.42. The van der Waals surface area contributed by atoms with E-state index in [4.69, 9.17) is 26.1 Å². The van der Waals surface area contributed by atoms with Gasteiger partial charge in [0.15, 0.2) is 16.8 Å². The number of carboxylic acids is 1. The van der Waals surface area contributed by atoms with Gasteiger partial charge in [-0.2, -0.15) is 0 Å². The van der Waals surface area contributed by atoms with E-state index in [1.54, 1.807) is 24.3 Å². The molecule has 0 bridgehead atoms. The largest absolute Gasteiger partial charge is 0.508 e. The number of carbonyl (C=O) groups is 1. The van der Waals surface area contributed by atoms with Crippen LogP contribution in [0, 0.1) is 0 Å². The fourth-order valence-corrected chi connectivity index (χ4v) is 5.11. The molecule has 1 fully saturated rings. The first-order valence-electron chi connectivity index (χ1n) is 13.1. The molecule has 0 radical (unpaired) electrons. The van der Waals surface area contributed by atoms with Crippen molar-refractivity contribution < 1.29 is 49.3 Å². The Kier molecular flexibility index (Phi) is 8.89. The van der Waals surface area contributed by atoms with E-state index in [1.165, 1.54) is 30.3 Å². The van der Waals surface area contributed by atoms with Gasteiger partial charge >= 0.3 is 5.97 Å². The maximum absolute atomic E-state index is 12.4. The molecule has 5 rings (SSSR count). The summed E-state index contributed by atoms with van der Waals surface area (Å²) in [5.74, 6) is -1.04. The van der Waals surface area contributed by atoms with Gasteiger partial charge in [0.1, 0.15) is 41.5 Å². The van der Waals surface area contributed by atoms with Crippen LogP contribution in [0.4, 0.5) is 5.69 Å². The molecule has 5 atom stereocenters. The van der Waals surface area contributed by atoms with Crippen LogP contribution in [0.3, 0.4) is 0 Å². The van der Waals surface area contributed by atoms with Crippen LogP contribution in [0.25, 0.3) is 33.4 Å². The molecule has 2 aromatic carbocycles. The Labute approximate surface area is 248 Å². The first kappa shape index (κ1) is 30.3. The Bertz CT molecular complexity index is 1690. The molecule has 43 heavy (non-hydrogen) atoms. The summed E-state index contributed by atoms with van der Waals surface area (Å²) in [7, 11) is 0. The van der Waals surface area contributed by atoms with Crippen molar-refractivity contribution in [1.29, 1.82) is 0 Å². The van der Waals surface area contributed by atoms with E-state index < -0.39 is 43.3 Å². The SMILES string of the molecule is O=C(O)c1cc(NC(=S)NCCO[C@H]2OC(CO)[C@@H](O)[C@H](O)C2O)ccc1-c1c2ccc(=O)cc-2oc2cc(O)ccc12. The average molecular weight is 613 g/mol. The van der Waals surface area contributed by atoms with Crippen LogP contribution in [0.15, 0.2) is 63.8 Å². The molecule has 2 aromatic rings. The number of fused-ring (bicyclic) bond motifs is 2. The number of carboxylic acid groups (broad SMARTS) is 1. The first-order chi connectivity index (χ1) is 20.6. The molecule has 0 spiro atoms. The predicted molar refractivity (Wildman–Crippen MR) is 157 cm³/mol. The topological polar surface area (TPSA) is 211 Å². The quantitative estimate of drug-likeness (QED) is 0.0795. The lowest BCUT2D eigenvalue weighted by Crippen LogP contribution is -2.59. The number of phenols is 1. The van der Waals surface area contributed by atoms with Crippen molar-refractivity contribution >= 4 is 40.0 Å². The summed E-state index contributed by atoms with van der Waals surface area (Å²) in [4.78, 5) is 24.4. The Morgan fingerprint density at radius 2 is 1.74 bits per heavy atom. The smallest absolute Gasteiger partial charge is 0.336 e. The second kappa shape index (κ2) is 12.6. The molecule has 0 saturated carbocycles.